The molecule has 0 aliphatic carbocycles. The molecular weight excluding hydrogens is 362 g/mol. The minimum Gasteiger partial charge on any atom is -0.482 e. The number of benzene rings is 2. The first-order chi connectivity index (χ1) is 13.1. The number of aromatic amines is 1. The van der Waals surface area contributed by atoms with E-state index < -0.39 is 0 Å². The van der Waals surface area contributed by atoms with Crippen LogP contribution in [0, 0.1) is 6.92 Å². The first-order valence-electron chi connectivity index (χ1n) is 8.87. The first kappa shape index (κ1) is 19.0. The maximum absolute atomic E-state index is 11.9. The molecule has 0 saturated carbocycles. The summed E-state index contributed by atoms with van der Waals surface area (Å²) in [6, 6.07) is 15.5. The number of carbonyl (C=O) groups excluding carboxylic acids is 1. The normalized spacial score (nSPS) is 10.6. The number of hydrogen-bond donors (Lipinski definition) is 2. The lowest BCUT2D eigenvalue weighted by Gasteiger charge is -2.10. The molecule has 0 unspecified atom stereocenters. The lowest BCUT2D eigenvalue weighted by Crippen LogP contribution is -2.30. The van der Waals surface area contributed by atoms with Crippen molar-refractivity contribution in [1.82, 2.24) is 15.5 Å². The molecule has 0 spiro atoms. The Morgan fingerprint density at radius 1 is 1.19 bits per heavy atom. The molecule has 2 aromatic carbocycles. The number of ether oxygens (including phenoxy) is 1. The van der Waals surface area contributed by atoms with Crippen molar-refractivity contribution in [1.29, 1.82) is 0 Å². The Labute approximate surface area is 163 Å². The quantitative estimate of drug-likeness (QED) is 0.574. The monoisotopic (exact) mass is 383 g/mol. The number of nitrogens with one attached hydrogen (secondary N) is 2. The van der Waals surface area contributed by atoms with E-state index in [0.717, 1.165) is 29.7 Å². The number of carbonyl (C=O) groups is 1. The van der Waals surface area contributed by atoms with Crippen molar-refractivity contribution < 1.29 is 9.53 Å². The third kappa shape index (κ3) is 5.34. The lowest BCUT2D eigenvalue weighted by atomic mass is 10.1. The lowest BCUT2D eigenvalue weighted by molar-refractivity contribution is -0.123. The van der Waals surface area contributed by atoms with Gasteiger partial charge in [-0.15, -0.1) is 0 Å². The van der Waals surface area contributed by atoms with Gasteiger partial charge >= 0.3 is 0 Å². The van der Waals surface area contributed by atoms with Crippen molar-refractivity contribution in [3.05, 3.63) is 71.0 Å². The molecule has 5 nitrogen and oxygen atoms in total. The number of hydrogen-bond acceptors (Lipinski definition) is 3. The van der Waals surface area contributed by atoms with E-state index in [-0.39, 0.29) is 12.5 Å². The maximum Gasteiger partial charge on any atom is 0.257 e. The maximum atomic E-state index is 11.9. The Bertz CT molecular complexity index is 893. The number of aromatic nitrogens is 2. The smallest absolute Gasteiger partial charge is 0.257 e. The van der Waals surface area contributed by atoms with E-state index >= 15 is 0 Å². The highest BCUT2D eigenvalue weighted by atomic mass is 35.5. The second-order valence-electron chi connectivity index (χ2n) is 6.27. The van der Waals surface area contributed by atoms with Crippen LogP contribution in [0.1, 0.15) is 17.7 Å². The van der Waals surface area contributed by atoms with E-state index in [2.05, 4.69) is 15.5 Å². The zero-order chi connectivity index (χ0) is 19.1. The molecule has 0 radical (unpaired) electrons. The highest BCUT2D eigenvalue weighted by Crippen LogP contribution is 2.30. The van der Waals surface area contributed by atoms with Crippen LogP contribution in [0.2, 0.25) is 5.02 Å². The van der Waals surface area contributed by atoms with Gasteiger partial charge in [-0.25, -0.2) is 0 Å². The zero-order valence-corrected chi connectivity index (χ0v) is 15.9. The van der Waals surface area contributed by atoms with Crippen LogP contribution in [-0.4, -0.2) is 29.3 Å². The predicted octanol–water partition coefficient (Wildman–Crippen LogP) is 4.17. The number of aryl methyl sites for hydroxylation is 2. The Balaban J connectivity index is 1.44. The van der Waals surface area contributed by atoms with Gasteiger partial charge in [0, 0.05) is 12.2 Å². The molecule has 1 amide bonds. The molecule has 1 aromatic heterocycles. The summed E-state index contributed by atoms with van der Waals surface area (Å²) in [5.41, 5.74) is 4.33. The Morgan fingerprint density at radius 2 is 2.00 bits per heavy atom. The summed E-state index contributed by atoms with van der Waals surface area (Å²) in [5.74, 6) is 0.336. The van der Waals surface area contributed by atoms with Gasteiger partial charge in [-0.2, -0.15) is 5.10 Å². The number of nitrogens with zero attached hydrogens (tertiary/aromatic N) is 1. The van der Waals surface area contributed by atoms with E-state index in [1.54, 1.807) is 6.07 Å². The molecule has 0 atom stereocenters. The molecule has 0 fully saturated rings. The fourth-order valence-electron chi connectivity index (χ4n) is 2.76. The summed E-state index contributed by atoms with van der Waals surface area (Å²) in [4.78, 5) is 11.9. The van der Waals surface area contributed by atoms with Crippen molar-refractivity contribution in [2.24, 2.45) is 0 Å². The van der Waals surface area contributed by atoms with Crippen molar-refractivity contribution >= 4 is 17.5 Å². The van der Waals surface area contributed by atoms with Crippen LogP contribution in [0.5, 0.6) is 5.75 Å². The number of H-pyrrole nitrogens is 1. The first-order valence-corrected chi connectivity index (χ1v) is 9.24. The van der Waals surface area contributed by atoms with Crippen LogP contribution >= 0.6 is 11.6 Å². The van der Waals surface area contributed by atoms with E-state index in [1.807, 2.05) is 55.6 Å². The van der Waals surface area contributed by atoms with Crippen LogP contribution in [0.4, 0.5) is 0 Å². The van der Waals surface area contributed by atoms with Crippen LogP contribution in [0.25, 0.3) is 11.1 Å². The molecule has 2 N–H and O–H groups in total. The molecular formula is C21H22ClN3O2. The number of rotatable bonds is 8. The summed E-state index contributed by atoms with van der Waals surface area (Å²) in [7, 11) is 0. The summed E-state index contributed by atoms with van der Waals surface area (Å²) >= 11 is 6.30. The predicted molar refractivity (Wildman–Crippen MR) is 107 cm³/mol. The van der Waals surface area contributed by atoms with E-state index in [9.17, 15) is 4.79 Å². The van der Waals surface area contributed by atoms with Crippen LogP contribution < -0.4 is 10.1 Å². The highest BCUT2D eigenvalue weighted by molar-refractivity contribution is 6.32. The molecule has 0 bridgehead atoms. The van der Waals surface area contributed by atoms with Gasteiger partial charge in [0.2, 0.25) is 0 Å². The van der Waals surface area contributed by atoms with E-state index in [4.69, 9.17) is 16.3 Å². The fraction of sp³-hybridized carbons (Fsp3) is 0.238. The van der Waals surface area contributed by atoms with Crippen molar-refractivity contribution in [3.8, 4) is 16.9 Å². The Morgan fingerprint density at radius 3 is 2.70 bits per heavy atom. The molecule has 3 rings (SSSR count). The van der Waals surface area contributed by atoms with Crippen LogP contribution in [-0.2, 0) is 11.2 Å². The van der Waals surface area contributed by atoms with Gasteiger partial charge in [-0.05, 0) is 48.6 Å². The molecule has 6 heteroatoms. The minimum absolute atomic E-state index is 0.0604. The van der Waals surface area contributed by atoms with Gasteiger partial charge in [-0.1, -0.05) is 48.0 Å². The van der Waals surface area contributed by atoms with Crippen molar-refractivity contribution in [2.45, 2.75) is 19.8 Å². The minimum atomic E-state index is -0.165. The van der Waals surface area contributed by atoms with Gasteiger partial charge in [0.05, 0.1) is 11.2 Å². The average molecular weight is 384 g/mol. The van der Waals surface area contributed by atoms with Crippen LogP contribution in [0.3, 0.4) is 0 Å². The summed E-state index contributed by atoms with van der Waals surface area (Å²) in [6.45, 7) is 2.52. The third-order valence-electron chi connectivity index (χ3n) is 4.28. The summed E-state index contributed by atoms with van der Waals surface area (Å²) in [5, 5.41) is 10.2. The second-order valence-corrected chi connectivity index (χ2v) is 6.68. The molecule has 3 aromatic rings. The standard InChI is InChI=1S/C21H22ClN3O2/c1-15-18(13-24-25-15)8-5-11-23-21(26)14-27-20-10-9-17(12-19(20)22)16-6-3-2-4-7-16/h2-4,6-7,9-10,12-13H,5,8,11,14H2,1H3,(H,23,26)(H,24,25). The highest BCUT2D eigenvalue weighted by Gasteiger charge is 2.08. The zero-order valence-electron chi connectivity index (χ0n) is 15.2. The van der Waals surface area contributed by atoms with Crippen molar-refractivity contribution in [3.63, 3.8) is 0 Å². The van der Waals surface area contributed by atoms with E-state index in [0.29, 0.717) is 17.3 Å². The molecule has 140 valence electrons. The molecule has 0 saturated heterocycles. The number of halogens is 1. The second kappa shape index (κ2) is 9.24. The fourth-order valence-corrected chi connectivity index (χ4v) is 2.99. The van der Waals surface area contributed by atoms with Crippen LogP contribution in [0.15, 0.2) is 54.7 Å². The largest absolute Gasteiger partial charge is 0.482 e. The Hall–Kier alpha value is -2.79. The summed E-state index contributed by atoms with van der Waals surface area (Å²) < 4.78 is 5.55. The topological polar surface area (TPSA) is 67.0 Å². The van der Waals surface area contributed by atoms with Crippen molar-refractivity contribution in [2.75, 3.05) is 13.2 Å². The number of amides is 1. The molecule has 0 aliphatic heterocycles. The van der Waals surface area contributed by atoms with Gasteiger partial charge in [0.25, 0.3) is 5.91 Å². The third-order valence-corrected chi connectivity index (χ3v) is 4.57. The average Bonchev–Trinajstić information content (AvgIpc) is 3.09. The SMILES string of the molecule is Cc1[nH]ncc1CCCNC(=O)COc1ccc(-c2ccccc2)cc1Cl. The summed E-state index contributed by atoms with van der Waals surface area (Å²) in [6.07, 6.45) is 3.54. The molecule has 1 heterocycles. The van der Waals surface area contributed by atoms with Gasteiger partial charge in [0.15, 0.2) is 6.61 Å². The Kier molecular flexibility index (Phi) is 6.49. The van der Waals surface area contributed by atoms with Gasteiger partial charge in [0.1, 0.15) is 5.75 Å². The van der Waals surface area contributed by atoms with Gasteiger partial charge in [-0.3, -0.25) is 9.89 Å². The van der Waals surface area contributed by atoms with E-state index in [1.165, 1.54) is 5.56 Å². The molecule has 27 heavy (non-hydrogen) atoms. The molecule has 0 aliphatic rings. The van der Waals surface area contributed by atoms with Gasteiger partial charge < -0.3 is 10.1 Å².